The number of hydrogen-bond acceptors (Lipinski definition) is 2. The topological polar surface area (TPSA) is 40.5 Å². The Balaban J connectivity index is 2.25. The number of hydrogen-bond donors (Lipinski definition) is 1. The van der Waals surface area contributed by atoms with Crippen LogP contribution in [0.25, 0.3) is 0 Å². The molecule has 3 heteroatoms. The molecule has 2 rings (SSSR count). The summed E-state index contributed by atoms with van der Waals surface area (Å²) in [5, 5.41) is 9.16. The summed E-state index contributed by atoms with van der Waals surface area (Å²) in [7, 11) is 0. The number of aromatic hydroxyl groups is 1. The van der Waals surface area contributed by atoms with Gasteiger partial charge in [0.05, 0.1) is 0 Å². The number of nitrogens with zero attached hydrogens (tertiary/aromatic N) is 1. The molecule has 0 aromatic heterocycles. The highest BCUT2D eigenvalue weighted by molar-refractivity contribution is 5.96. The first-order chi connectivity index (χ1) is 6.98. The summed E-state index contributed by atoms with van der Waals surface area (Å²) < 4.78 is 0. The number of carbonyl (C=O) groups is 1. The summed E-state index contributed by atoms with van der Waals surface area (Å²) in [6.07, 6.45) is 0.591. The molecule has 1 saturated heterocycles. The molecule has 0 radical (unpaired) electrons. The molecule has 3 nitrogen and oxygen atoms in total. The van der Waals surface area contributed by atoms with Crippen molar-refractivity contribution in [1.29, 1.82) is 0 Å². The lowest BCUT2D eigenvalue weighted by atomic mass is 9.93. The number of phenols is 1. The molecule has 0 bridgehead atoms. The average molecular weight is 205 g/mol. The lowest BCUT2D eigenvalue weighted by Crippen LogP contribution is -2.25. The Bertz CT molecular complexity index is 381. The molecule has 15 heavy (non-hydrogen) atoms. The van der Waals surface area contributed by atoms with Gasteiger partial charge in [0.1, 0.15) is 5.75 Å². The van der Waals surface area contributed by atoms with E-state index < -0.39 is 0 Å². The molecular formula is C12H15NO2. The molecule has 1 aromatic rings. The lowest BCUT2D eigenvalue weighted by molar-refractivity contribution is -0.117. The van der Waals surface area contributed by atoms with Crippen molar-refractivity contribution < 1.29 is 9.90 Å². The fraction of sp³-hybridized carbons (Fsp3) is 0.417. The van der Waals surface area contributed by atoms with Crippen molar-refractivity contribution in [3.63, 3.8) is 0 Å². The second-order valence-corrected chi connectivity index (χ2v) is 4.84. The Morgan fingerprint density at radius 3 is 2.33 bits per heavy atom. The lowest BCUT2D eigenvalue weighted by Gasteiger charge is -2.19. The van der Waals surface area contributed by atoms with E-state index in [0.717, 1.165) is 12.2 Å². The highest BCUT2D eigenvalue weighted by atomic mass is 16.3. The van der Waals surface area contributed by atoms with E-state index in [0.29, 0.717) is 6.42 Å². The Kier molecular flexibility index (Phi) is 2.18. The molecule has 1 N–H and O–H groups in total. The predicted octanol–water partition coefficient (Wildman–Crippen LogP) is 2.16. The van der Waals surface area contributed by atoms with Crippen LogP contribution in [-0.4, -0.2) is 17.6 Å². The zero-order chi connectivity index (χ0) is 11.1. The first-order valence-electron chi connectivity index (χ1n) is 5.07. The monoisotopic (exact) mass is 205 g/mol. The van der Waals surface area contributed by atoms with Gasteiger partial charge in [0, 0.05) is 18.7 Å². The first-order valence-corrected chi connectivity index (χ1v) is 5.07. The van der Waals surface area contributed by atoms with E-state index >= 15 is 0 Å². The van der Waals surface area contributed by atoms with Crippen molar-refractivity contribution >= 4 is 11.6 Å². The van der Waals surface area contributed by atoms with Gasteiger partial charge in [0.2, 0.25) is 5.91 Å². The second kappa shape index (κ2) is 3.26. The minimum absolute atomic E-state index is 0.0506. The summed E-state index contributed by atoms with van der Waals surface area (Å²) in [4.78, 5) is 13.5. The highest BCUT2D eigenvalue weighted by Gasteiger charge is 2.36. The molecule has 0 unspecified atom stereocenters. The van der Waals surface area contributed by atoms with Gasteiger partial charge >= 0.3 is 0 Å². The largest absolute Gasteiger partial charge is 0.508 e. The molecule has 0 saturated carbocycles. The van der Waals surface area contributed by atoms with Crippen LogP contribution in [0.2, 0.25) is 0 Å². The molecule has 0 spiro atoms. The van der Waals surface area contributed by atoms with Gasteiger partial charge in [-0.25, -0.2) is 0 Å². The van der Waals surface area contributed by atoms with Gasteiger partial charge in [-0.05, 0) is 29.7 Å². The zero-order valence-electron chi connectivity index (χ0n) is 9.03. The summed E-state index contributed by atoms with van der Waals surface area (Å²) in [6.45, 7) is 4.92. The van der Waals surface area contributed by atoms with Gasteiger partial charge in [-0.15, -0.1) is 0 Å². The van der Waals surface area contributed by atoms with Crippen LogP contribution in [0.1, 0.15) is 20.3 Å². The van der Waals surface area contributed by atoms with E-state index in [4.69, 9.17) is 5.11 Å². The number of anilines is 1. The van der Waals surface area contributed by atoms with Gasteiger partial charge in [-0.2, -0.15) is 0 Å². The van der Waals surface area contributed by atoms with Gasteiger partial charge < -0.3 is 10.0 Å². The summed E-state index contributed by atoms with van der Waals surface area (Å²) >= 11 is 0. The van der Waals surface area contributed by atoms with Crippen molar-refractivity contribution in [3.05, 3.63) is 24.3 Å². The zero-order valence-corrected chi connectivity index (χ0v) is 9.03. The van der Waals surface area contributed by atoms with Crippen LogP contribution in [0, 0.1) is 5.41 Å². The second-order valence-electron chi connectivity index (χ2n) is 4.84. The molecule has 1 heterocycles. The van der Waals surface area contributed by atoms with Crippen LogP contribution in [-0.2, 0) is 4.79 Å². The molecule has 80 valence electrons. The van der Waals surface area contributed by atoms with Crippen LogP contribution < -0.4 is 4.90 Å². The molecule has 1 aromatic carbocycles. The van der Waals surface area contributed by atoms with Crippen molar-refractivity contribution in [2.75, 3.05) is 11.4 Å². The van der Waals surface area contributed by atoms with E-state index in [1.165, 1.54) is 0 Å². The van der Waals surface area contributed by atoms with E-state index in [2.05, 4.69) is 13.8 Å². The van der Waals surface area contributed by atoms with Crippen LogP contribution in [0.3, 0.4) is 0 Å². The molecule has 0 aliphatic carbocycles. The smallest absolute Gasteiger partial charge is 0.227 e. The maximum atomic E-state index is 11.7. The quantitative estimate of drug-likeness (QED) is 0.763. The van der Waals surface area contributed by atoms with Crippen molar-refractivity contribution in [2.45, 2.75) is 20.3 Å². The van der Waals surface area contributed by atoms with E-state index in [9.17, 15) is 4.79 Å². The predicted molar refractivity (Wildman–Crippen MR) is 58.9 cm³/mol. The highest BCUT2D eigenvalue weighted by Crippen LogP contribution is 2.33. The van der Waals surface area contributed by atoms with Gasteiger partial charge in [0.25, 0.3) is 0 Å². The average Bonchev–Trinajstić information content (AvgIpc) is 2.41. The minimum Gasteiger partial charge on any atom is -0.508 e. The van der Waals surface area contributed by atoms with Crippen LogP contribution in [0.4, 0.5) is 5.69 Å². The molecule has 0 atom stereocenters. The molecule has 1 aliphatic heterocycles. The maximum Gasteiger partial charge on any atom is 0.227 e. The van der Waals surface area contributed by atoms with Crippen molar-refractivity contribution in [2.24, 2.45) is 5.41 Å². The molecule has 1 amide bonds. The van der Waals surface area contributed by atoms with Gasteiger partial charge in [0.15, 0.2) is 0 Å². The Morgan fingerprint density at radius 2 is 1.87 bits per heavy atom. The summed E-state index contributed by atoms with van der Waals surface area (Å²) in [6, 6.07) is 6.76. The first kappa shape index (κ1) is 10.0. The number of phenolic OH excluding ortho intramolecular Hbond substituents is 1. The SMILES string of the molecule is CC1(C)CC(=O)N(c2ccc(O)cc2)C1. The van der Waals surface area contributed by atoms with E-state index in [1.807, 2.05) is 0 Å². The number of amides is 1. The standard InChI is InChI=1S/C12H15NO2/c1-12(2)7-11(15)13(8-12)9-3-5-10(14)6-4-9/h3-6,14H,7-8H2,1-2H3. The van der Waals surface area contributed by atoms with Gasteiger partial charge in [-0.1, -0.05) is 13.8 Å². The fourth-order valence-corrected chi connectivity index (χ4v) is 1.94. The Hall–Kier alpha value is -1.51. The van der Waals surface area contributed by atoms with E-state index in [-0.39, 0.29) is 17.1 Å². The Labute approximate surface area is 89.3 Å². The maximum absolute atomic E-state index is 11.7. The van der Waals surface area contributed by atoms with Gasteiger partial charge in [-0.3, -0.25) is 4.79 Å². The normalized spacial score (nSPS) is 19.6. The fourth-order valence-electron chi connectivity index (χ4n) is 1.94. The minimum atomic E-state index is 0.0506. The van der Waals surface area contributed by atoms with Crippen molar-refractivity contribution in [1.82, 2.24) is 0 Å². The third kappa shape index (κ3) is 1.96. The van der Waals surface area contributed by atoms with Crippen molar-refractivity contribution in [3.8, 4) is 5.75 Å². The third-order valence-electron chi connectivity index (χ3n) is 2.68. The third-order valence-corrected chi connectivity index (χ3v) is 2.68. The number of rotatable bonds is 1. The number of benzene rings is 1. The molecule has 1 fully saturated rings. The summed E-state index contributed by atoms with van der Waals surface area (Å²) in [5.41, 5.74) is 0.915. The Morgan fingerprint density at radius 1 is 1.27 bits per heavy atom. The summed E-state index contributed by atoms with van der Waals surface area (Å²) in [5.74, 6) is 0.385. The van der Waals surface area contributed by atoms with Crippen LogP contribution in [0.15, 0.2) is 24.3 Å². The van der Waals surface area contributed by atoms with Crippen LogP contribution >= 0.6 is 0 Å². The number of carbonyl (C=O) groups excluding carboxylic acids is 1. The molecule has 1 aliphatic rings. The molecular weight excluding hydrogens is 190 g/mol. The van der Waals surface area contributed by atoms with Crippen LogP contribution in [0.5, 0.6) is 5.75 Å². The van der Waals surface area contributed by atoms with E-state index in [1.54, 1.807) is 29.2 Å².